The predicted octanol–water partition coefficient (Wildman–Crippen LogP) is 1.35. The van der Waals surface area contributed by atoms with Crippen LogP contribution < -0.4 is 0 Å². The lowest BCUT2D eigenvalue weighted by molar-refractivity contribution is -0.153. The first-order valence-corrected chi connectivity index (χ1v) is 6.15. The Morgan fingerprint density at radius 2 is 2.25 bits per heavy atom. The van der Waals surface area contributed by atoms with Crippen molar-refractivity contribution < 1.29 is 14.6 Å². The molecule has 2 unspecified atom stereocenters. The lowest BCUT2D eigenvalue weighted by atomic mass is 9.86. The van der Waals surface area contributed by atoms with Gasteiger partial charge in [-0.3, -0.25) is 9.69 Å². The van der Waals surface area contributed by atoms with Crippen LogP contribution in [-0.4, -0.2) is 47.3 Å². The molecule has 0 aromatic carbocycles. The maximum absolute atomic E-state index is 10.7. The summed E-state index contributed by atoms with van der Waals surface area (Å²) in [7, 11) is 0. The highest BCUT2D eigenvalue weighted by Crippen LogP contribution is 2.33. The molecule has 0 saturated carbocycles. The molecule has 2 aliphatic rings. The Hall–Kier alpha value is -0.610. The van der Waals surface area contributed by atoms with Crippen molar-refractivity contribution in [3.05, 3.63) is 0 Å². The van der Waals surface area contributed by atoms with Crippen LogP contribution >= 0.6 is 0 Å². The first-order chi connectivity index (χ1) is 7.54. The number of hydrogen-bond donors (Lipinski definition) is 1. The number of nitrogens with zero attached hydrogens (tertiary/aromatic N) is 1. The molecule has 16 heavy (non-hydrogen) atoms. The van der Waals surface area contributed by atoms with E-state index in [1.165, 1.54) is 0 Å². The summed E-state index contributed by atoms with van der Waals surface area (Å²) in [6.45, 7) is 6.56. The van der Waals surface area contributed by atoms with Crippen molar-refractivity contribution >= 4 is 5.97 Å². The van der Waals surface area contributed by atoms with E-state index in [9.17, 15) is 4.79 Å². The van der Waals surface area contributed by atoms with E-state index in [0.29, 0.717) is 6.04 Å². The van der Waals surface area contributed by atoms with Gasteiger partial charge in [-0.05, 0) is 26.2 Å². The Labute approximate surface area is 96.6 Å². The molecule has 0 aromatic rings. The molecule has 0 amide bonds. The molecule has 4 nitrogen and oxygen atoms in total. The molecule has 0 radical (unpaired) electrons. The average Bonchev–Trinajstić information content (AvgIpc) is 2.15. The van der Waals surface area contributed by atoms with Gasteiger partial charge in [-0.1, -0.05) is 6.92 Å². The van der Waals surface area contributed by atoms with Gasteiger partial charge in [0, 0.05) is 25.7 Å². The normalized spacial score (nSPS) is 37.0. The molecule has 4 heteroatoms. The molecule has 2 rings (SSSR count). The van der Waals surface area contributed by atoms with Gasteiger partial charge >= 0.3 is 5.97 Å². The molecule has 92 valence electrons. The second kappa shape index (κ2) is 4.34. The second-order valence-electron chi connectivity index (χ2n) is 5.29. The molecule has 0 aliphatic carbocycles. The van der Waals surface area contributed by atoms with Gasteiger partial charge in [-0.25, -0.2) is 0 Å². The highest BCUT2D eigenvalue weighted by atomic mass is 16.5. The molecule has 0 bridgehead atoms. The van der Waals surface area contributed by atoms with Crippen molar-refractivity contribution in [1.29, 1.82) is 0 Å². The van der Waals surface area contributed by atoms with Gasteiger partial charge < -0.3 is 9.84 Å². The standard InChI is InChI=1S/C12H21NO3/c1-3-12(2)6-10(4-5-16-12)13-7-9(8-13)11(14)15/h9-10H,3-8H2,1-2H3,(H,14,15). The maximum atomic E-state index is 10.7. The van der Waals surface area contributed by atoms with Crippen molar-refractivity contribution in [2.24, 2.45) is 5.92 Å². The number of hydrogen-bond acceptors (Lipinski definition) is 3. The second-order valence-corrected chi connectivity index (χ2v) is 5.29. The van der Waals surface area contributed by atoms with E-state index in [1.54, 1.807) is 0 Å². The fourth-order valence-electron chi connectivity index (χ4n) is 2.63. The third-order valence-corrected chi connectivity index (χ3v) is 4.09. The summed E-state index contributed by atoms with van der Waals surface area (Å²) in [6.07, 6.45) is 3.11. The number of likely N-dealkylation sites (tertiary alicyclic amines) is 1. The smallest absolute Gasteiger partial charge is 0.309 e. The van der Waals surface area contributed by atoms with E-state index in [4.69, 9.17) is 9.84 Å². The molecule has 0 spiro atoms. The summed E-state index contributed by atoms with van der Waals surface area (Å²) in [5.41, 5.74) is -0.00275. The summed E-state index contributed by atoms with van der Waals surface area (Å²) in [6, 6.07) is 0.522. The molecule has 2 saturated heterocycles. The van der Waals surface area contributed by atoms with Crippen LogP contribution in [0.5, 0.6) is 0 Å². The van der Waals surface area contributed by atoms with Crippen molar-refractivity contribution in [3.8, 4) is 0 Å². The Balaban J connectivity index is 1.85. The average molecular weight is 227 g/mol. The van der Waals surface area contributed by atoms with Crippen molar-refractivity contribution in [1.82, 2.24) is 4.90 Å². The number of carbonyl (C=O) groups is 1. The van der Waals surface area contributed by atoms with Crippen LogP contribution in [0.15, 0.2) is 0 Å². The monoisotopic (exact) mass is 227 g/mol. The Morgan fingerprint density at radius 3 is 2.81 bits per heavy atom. The number of rotatable bonds is 3. The Kier molecular flexibility index (Phi) is 3.22. The summed E-state index contributed by atoms with van der Waals surface area (Å²) in [4.78, 5) is 13.0. The summed E-state index contributed by atoms with van der Waals surface area (Å²) < 4.78 is 5.79. The van der Waals surface area contributed by atoms with Gasteiger partial charge in [0.05, 0.1) is 11.5 Å². The van der Waals surface area contributed by atoms with E-state index >= 15 is 0 Å². The topological polar surface area (TPSA) is 49.8 Å². The van der Waals surface area contributed by atoms with Gasteiger partial charge in [0.2, 0.25) is 0 Å². The predicted molar refractivity (Wildman–Crippen MR) is 60.4 cm³/mol. The van der Waals surface area contributed by atoms with Gasteiger partial charge in [0.25, 0.3) is 0 Å². The third kappa shape index (κ3) is 2.23. The summed E-state index contributed by atoms with van der Waals surface area (Å²) in [5, 5.41) is 8.85. The van der Waals surface area contributed by atoms with Crippen LogP contribution in [0, 0.1) is 5.92 Å². The molecule has 2 aliphatic heterocycles. The molecule has 1 N–H and O–H groups in total. The molecule has 0 aromatic heterocycles. The molecular weight excluding hydrogens is 206 g/mol. The van der Waals surface area contributed by atoms with Crippen LogP contribution in [0.4, 0.5) is 0 Å². The van der Waals surface area contributed by atoms with E-state index < -0.39 is 5.97 Å². The number of carboxylic acid groups (broad SMARTS) is 1. The quantitative estimate of drug-likeness (QED) is 0.790. The van der Waals surface area contributed by atoms with Gasteiger partial charge in [-0.2, -0.15) is 0 Å². The van der Waals surface area contributed by atoms with Gasteiger partial charge in [0.1, 0.15) is 0 Å². The van der Waals surface area contributed by atoms with Crippen LogP contribution in [0.3, 0.4) is 0 Å². The lowest BCUT2D eigenvalue weighted by Crippen LogP contribution is -2.58. The summed E-state index contributed by atoms with van der Waals surface area (Å²) in [5.74, 6) is -0.794. The van der Waals surface area contributed by atoms with Crippen molar-refractivity contribution in [3.63, 3.8) is 0 Å². The molecule has 2 atom stereocenters. The van der Waals surface area contributed by atoms with E-state index in [-0.39, 0.29) is 11.5 Å². The highest BCUT2D eigenvalue weighted by molar-refractivity contribution is 5.71. The first-order valence-electron chi connectivity index (χ1n) is 6.15. The number of carboxylic acids is 1. The van der Waals surface area contributed by atoms with Crippen LogP contribution in [0.2, 0.25) is 0 Å². The zero-order valence-electron chi connectivity index (χ0n) is 10.1. The third-order valence-electron chi connectivity index (χ3n) is 4.09. The first kappa shape index (κ1) is 11.9. The minimum atomic E-state index is -0.651. The minimum Gasteiger partial charge on any atom is -0.481 e. The molecule has 2 heterocycles. The fourth-order valence-corrected chi connectivity index (χ4v) is 2.63. The zero-order chi connectivity index (χ0) is 11.8. The van der Waals surface area contributed by atoms with E-state index in [2.05, 4.69) is 18.7 Å². The lowest BCUT2D eigenvalue weighted by Gasteiger charge is -2.48. The van der Waals surface area contributed by atoms with Crippen molar-refractivity contribution in [2.45, 2.75) is 44.8 Å². The van der Waals surface area contributed by atoms with E-state index in [0.717, 1.165) is 39.0 Å². The highest BCUT2D eigenvalue weighted by Gasteiger charge is 2.41. The Bertz CT molecular complexity index is 275. The summed E-state index contributed by atoms with van der Waals surface area (Å²) >= 11 is 0. The van der Waals surface area contributed by atoms with Crippen LogP contribution in [0.25, 0.3) is 0 Å². The van der Waals surface area contributed by atoms with Crippen LogP contribution in [-0.2, 0) is 9.53 Å². The molecular formula is C12H21NO3. The Morgan fingerprint density at radius 1 is 1.56 bits per heavy atom. The fraction of sp³-hybridized carbons (Fsp3) is 0.917. The number of aliphatic carboxylic acids is 1. The zero-order valence-corrected chi connectivity index (χ0v) is 10.1. The SMILES string of the molecule is CCC1(C)CC(N2CC(C(=O)O)C2)CCO1. The van der Waals surface area contributed by atoms with Gasteiger partial charge in [-0.15, -0.1) is 0 Å². The maximum Gasteiger partial charge on any atom is 0.309 e. The largest absolute Gasteiger partial charge is 0.481 e. The van der Waals surface area contributed by atoms with Crippen LogP contribution in [0.1, 0.15) is 33.1 Å². The molecule has 2 fully saturated rings. The van der Waals surface area contributed by atoms with Crippen molar-refractivity contribution in [2.75, 3.05) is 19.7 Å². The van der Waals surface area contributed by atoms with E-state index in [1.807, 2.05) is 0 Å². The van der Waals surface area contributed by atoms with Gasteiger partial charge in [0.15, 0.2) is 0 Å². The minimum absolute atomic E-state index is 0.00275. The number of ether oxygens (including phenoxy) is 1.